The highest BCUT2D eigenvalue weighted by Crippen LogP contribution is 2.23. The lowest BCUT2D eigenvalue weighted by molar-refractivity contribution is 0.275. The maximum absolute atomic E-state index is 9.25. The van der Waals surface area contributed by atoms with Crippen LogP contribution in [0.4, 0.5) is 0 Å². The van der Waals surface area contributed by atoms with Crippen LogP contribution < -0.4 is 0 Å². The molecule has 0 saturated carbocycles. The minimum atomic E-state index is -0.121. The fourth-order valence-electron chi connectivity index (χ4n) is 1.81. The van der Waals surface area contributed by atoms with E-state index in [4.69, 9.17) is 23.2 Å². The second kappa shape index (κ2) is 5.69. The second-order valence-electron chi connectivity index (χ2n) is 3.93. The van der Waals surface area contributed by atoms with Gasteiger partial charge in [-0.3, -0.25) is 0 Å². The second-order valence-corrected chi connectivity index (χ2v) is 4.80. The Bertz CT molecular complexity index is 534. The largest absolute Gasteiger partial charge is 0.390 e. The van der Waals surface area contributed by atoms with E-state index in [1.165, 1.54) is 0 Å². The first-order valence-electron chi connectivity index (χ1n) is 5.66. The maximum Gasteiger partial charge on any atom is 0.112 e. The van der Waals surface area contributed by atoms with Crippen LogP contribution in [0.1, 0.15) is 24.7 Å². The lowest BCUT2D eigenvalue weighted by Gasteiger charge is -2.07. The van der Waals surface area contributed by atoms with E-state index in [0.29, 0.717) is 15.7 Å². The lowest BCUT2D eigenvalue weighted by Crippen LogP contribution is -2.04. The van der Waals surface area contributed by atoms with Crippen LogP contribution in [0.2, 0.25) is 10.0 Å². The Morgan fingerprint density at radius 1 is 1.22 bits per heavy atom. The van der Waals surface area contributed by atoms with E-state index in [9.17, 15) is 5.11 Å². The number of benzene rings is 1. The fraction of sp³-hybridized carbons (Fsp3) is 0.333. The van der Waals surface area contributed by atoms with Gasteiger partial charge in [-0.1, -0.05) is 41.8 Å². The molecule has 0 radical (unpaired) electrons. The van der Waals surface area contributed by atoms with Gasteiger partial charge in [0.2, 0.25) is 0 Å². The molecule has 2 aromatic rings. The van der Waals surface area contributed by atoms with Gasteiger partial charge in [0.25, 0.3) is 0 Å². The molecule has 1 N–H and O–H groups in total. The van der Waals surface area contributed by atoms with Crippen LogP contribution >= 0.6 is 23.2 Å². The lowest BCUT2D eigenvalue weighted by atomic mass is 10.2. The molecule has 0 amide bonds. The number of aliphatic hydroxyl groups is 1. The standard InChI is InChI=1S/C12H13Cl2N3O/c1-2-3-12-11(7-18)15-16-17(12)10-5-8(13)4-9(14)6-10/h4-6,18H,2-3,7H2,1H3. The van der Waals surface area contributed by atoms with Crippen LogP contribution in [0.25, 0.3) is 5.69 Å². The molecule has 0 bridgehead atoms. The Balaban J connectivity index is 2.52. The first kappa shape index (κ1) is 13.3. The van der Waals surface area contributed by atoms with Crippen LogP contribution in [0.5, 0.6) is 0 Å². The van der Waals surface area contributed by atoms with Gasteiger partial charge in [-0.2, -0.15) is 0 Å². The number of nitrogens with zero attached hydrogens (tertiary/aromatic N) is 3. The number of hydrogen-bond donors (Lipinski definition) is 1. The monoisotopic (exact) mass is 285 g/mol. The maximum atomic E-state index is 9.25. The molecule has 0 aliphatic rings. The van der Waals surface area contributed by atoms with Crippen molar-refractivity contribution in [3.63, 3.8) is 0 Å². The molecule has 4 nitrogen and oxygen atoms in total. The highest BCUT2D eigenvalue weighted by Gasteiger charge is 2.13. The van der Waals surface area contributed by atoms with Crippen LogP contribution in [0.15, 0.2) is 18.2 Å². The predicted octanol–water partition coefficient (Wildman–Crippen LogP) is 3.02. The van der Waals surface area contributed by atoms with Gasteiger partial charge in [0.15, 0.2) is 0 Å². The molecule has 96 valence electrons. The van der Waals surface area contributed by atoms with Gasteiger partial charge >= 0.3 is 0 Å². The average Bonchev–Trinajstić information content (AvgIpc) is 2.71. The van der Waals surface area contributed by atoms with E-state index in [2.05, 4.69) is 17.2 Å². The Kier molecular flexibility index (Phi) is 4.22. The van der Waals surface area contributed by atoms with Crippen LogP contribution in [0.3, 0.4) is 0 Å². The van der Waals surface area contributed by atoms with E-state index in [1.54, 1.807) is 22.9 Å². The summed E-state index contributed by atoms with van der Waals surface area (Å²) in [5, 5.41) is 18.3. The molecule has 6 heteroatoms. The van der Waals surface area contributed by atoms with Crippen molar-refractivity contribution in [3.05, 3.63) is 39.6 Å². The molecule has 0 saturated heterocycles. The summed E-state index contributed by atoms with van der Waals surface area (Å²) in [6, 6.07) is 5.20. The summed E-state index contributed by atoms with van der Waals surface area (Å²) in [6.45, 7) is 1.94. The molecule has 0 aliphatic heterocycles. The first-order chi connectivity index (χ1) is 8.65. The zero-order chi connectivity index (χ0) is 13.1. The third-order valence-electron chi connectivity index (χ3n) is 2.57. The van der Waals surface area contributed by atoms with Gasteiger partial charge in [0.1, 0.15) is 5.69 Å². The van der Waals surface area contributed by atoms with Gasteiger partial charge in [-0.05, 0) is 24.6 Å². The summed E-state index contributed by atoms with van der Waals surface area (Å²) in [5.41, 5.74) is 2.23. The van der Waals surface area contributed by atoms with Crippen molar-refractivity contribution in [3.8, 4) is 5.69 Å². The Morgan fingerprint density at radius 2 is 1.89 bits per heavy atom. The molecule has 0 fully saturated rings. The van der Waals surface area contributed by atoms with Gasteiger partial charge in [-0.15, -0.1) is 5.10 Å². The third kappa shape index (κ3) is 2.66. The van der Waals surface area contributed by atoms with E-state index in [1.807, 2.05) is 0 Å². The summed E-state index contributed by atoms with van der Waals surface area (Å²) < 4.78 is 1.67. The minimum Gasteiger partial charge on any atom is -0.390 e. The Labute approximate surface area is 115 Å². The van der Waals surface area contributed by atoms with Crippen molar-refractivity contribution < 1.29 is 5.11 Å². The highest BCUT2D eigenvalue weighted by atomic mass is 35.5. The van der Waals surface area contributed by atoms with Crippen molar-refractivity contribution in [2.24, 2.45) is 0 Å². The van der Waals surface area contributed by atoms with Crippen LogP contribution in [-0.2, 0) is 13.0 Å². The molecule has 0 unspecified atom stereocenters. The normalized spacial score (nSPS) is 10.9. The van der Waals surface area contributed by atoms with Crippen LogP contribution in [0, 0.1) is 0 Å². The fourth-order valence-corrected chi connectivity index (χ4v) is 2.33. The van der Waals surface area contributed by atoms with Crippen molar-refractivity contribution in [2.75, 3.05) is 0 Å². The third-order valence-corrected chi connectivity index (χ3v) is 3.01. The summed E-state index contributed by atoms with van der Waals surface area (Å²) in [7, 11) is 0. The molecule has 1 aromatic heterocycles. The molecule has 2 rings (SSSR count). The average molecular weight is 286 g/mol. The van der Waals surface area contributed by atoms with Crippen molar-refractivity contribution >= 4 is 23.2 Å². The van der Waals surface area contributed by atoms with E-state index in [-0.39, 0.29) is 6.61 Å². The topological polar surface area (TPSA) is 50.9 Å². The van der Waals surface area contributed by atoms with E-state index in [0.717, 1.165) is 24.2 Å². The zero-order valence-electron chi connectivity index (χ0n) is 9.90. The molecular formula is C12H13Cl2N3O. The van der Waals surface area contributed by atoms with Gasteiger partial charge in [0.05, 0.1) is 18.0 Å². The number of halogens is 2. The zero-order valence-corrected chi connectivity index (χ0v) is 11.4. The van der Waals surface area contributed by atoms with Gasteiger partial charge in [0, 0.05) is 10.0 Å². The molecule has 1 heterocycles. The highest BCUT2D eigenvalue weighted by molar-refractivity contribution is 6.34. The number of rotatable bonds is 4. The van der Waals surface area contributed by atoms with Crippen molar-refractivity contribution in [2.45, 2.75) is 26.4 Å². The van der Waals surface area contributed by atoms with E-state index >= 15 is 0 Å². The molecule has 0 spiro atoms. The van der Waals surface area contributed by atoms with E-state index < -0.39 is 0 Å². The number of aliphatic hydroxyl groups excluding tert-OH is 1. The summed E-state index contributed by atoms with van der Waals surface area (Å²) >= 11 is 11.9. The Morgan fingerprint density at radius 3 is 2.44 bits per heavy atom. The molecule has 1 aromatic carbocycles. The summed E-state index contributed by atoms with van der Waals surface area (Å²) in [4.78, 5) is 0. The molecule has 0 atom stereocenters. The summed E-state index contributed by atoms with van der Waals surface area (Å²) in [6.07, 6.45) is 1.72. The van der Waals surface area contributed by atoms with Crippen molar-refractivity contribution in [1.82, 2.24) is 15.0 Å². The Hall–Kier alpha value is -1.10. The molecule has 18 heavy (non-hydrogen) atoms. The molecule has 0 aliphatic carbocycles. The number of hydrogen-bond acceptors (Lipinski definition) is 3. The van der Waals surface area contributed by atoms with Gasteiger partial charge in [-0.25, -0.2) is 4.68 Å². The smallest absolute Gasteiger partial charge is 0.112 e. The SMILES string of the molecule is CCCc1c(CO)nnn1-c1cc(Cl)cc(Cl)c1. The summed E-state index contributed by atoms with van der Waals surface area (Å²) in [5.74, 6) is 0. The van der Waals surface area contributed by atoms with Gasteiger partial charge < -0.3 is 5.11 Å². The molecular weight excluding hydrogens is 273 g/mol. The predicted molar refractivity (Wildman–Crippen MR) is 71.3 cm³/mol. The van der Waals surface area contributed by atoms with Crippen LogP contribution in [-0.4, -0.2) is 20.1 Å². The number of aromatic nitrogens is 3. The minimum absolute atomic E-state index is 0.121. The first-order valence-corrected chi connectivity index (χ1v) is 6.42. The quantitative estimate of drug-likeness (QED) is 0.940. The van der Waals surface area contributed by atoms with Crippen molar-refractivity contribution in [1.29, 1.82) is 0 Å².